The zero-order chi connectivity index (χ0) is 16.7. The van der Waals surface area contributed by atoms with Gasteiger partial charge < -0.3 is 11.5 Å². The monoisotopic (exact) mass is 342 g/mol. The molecular weight excluding hydrogens is 328 g/mol. The third-order valence-corrected chi connectivity index (χ3v) is 5.84. The van der Waals surface area contributed by atoms with Crippen LogP contribution in [0.5, 0.6) is 0 Å². The fourth-order valence-corrected chi connectivity index (χ4v) is 4.16. The maximum absolute atomic E-state index is 12.5. The lowest BCUT2D eigenvalue weighted by Gasteiger charge is -2.11. The lowest BCUT2D eigenvalue weighted by atomic mass is 10.2. The Morgan fingerprint density at radius 3 is 2.14 bits per heavy atom. The van der Waals surface area contributed by atoms with Crippen LogP contribution in [-0.2, 0) is 20.0 Å². The molecule has 2 aromatic carbocycles. The molecule has 22 heavy (non-hydrogen) atoms. The maximum atomic E-state index is 12.5. The highest BCUT2D eigenvalue weighted by Gasteiger charge is 2.24. The van der Waals surface area contributed by atoms with Gasteiger partial charge in [0.05, 0.1) is 9.79 Å². The number of anilines is 2. The summed E-state index contributed by atoms with van der Waals surface area (Å²) in [6.45, 7) is 1.37. The van der Waals surface area contributed by atoms with Gasteiger partial charge in [-0.2, -0.15) is 8.42 Å². The first-order chi connectivity index (χ1) is 10.0. The standard InChI is InChI=1S/C13H14N2O5S2/c1-8-12(15)6-11(7-13(8)22(18,19)20)21(16,17)10-4-2-3-9(14)5-10/h2-7H,14-15H2,1H3,(H,18,19,20). The summed E-state index contributed by atoms with van der Waals surface area (Å²) in [7, 11) is -8.62. The molecule has 7 nitrogen and oxygen atoms in total. The number of rotatable bonds is 3. The van der Waals surface area contributed by atoms with Gasteiger partial charge >= 0.3 is 0 Å². The molecule has 0 saturated heterocycles. The summed E-state index contributed by atoms with van der Waals surface area (Å²) in [5.74, 6) is 0. The second kappa shape index (κ2) is 5.27. The minimum atomic E-state index is -4.60. The van der Waals surface area contributed by atoms with Gasteiger partial charge in [0.15, 0.2) is 0 Å². The van der Waals surface area contributed by atoms with E-state index >= 15 is 0 Å². The first kappa shape index (κ1) is 16.3. The van der Waals surface area contributed by atoms with Crippen LogP contribution in [0.25, 0.3) is 0 Å². The largest absolute Gasteiger partial charge is 0.399 e. The molecule has 0 aliphatic carbocycles. The van der Waals surface area contributed by atoms with Gasteiger partial charge in [0.25, 0.3) is 10.1 Å². The molecular formula is C13H14N2O5S2. The average Bonchev–Trinajstić information content (AvgIpc) is 2.40. The molecule has 0 radical (unpaired) electrons. The van der Waals surface area contributed by atoms with Crippen molar-refractivity contribution in [3.63, 3.8) is 0 Å². The fraction of sp³-hybridized carbons (Fsp3) is 0.0769. The maximum Gasteiger partial charge on any atom is 0.294 e. The predicted molar refractivity (Wildman–Crippen MR) is 81.7 cm³/mol. The van der Waals surface area contributed by atoms with Gasteiger partial charge in [-0.1, -0.05) is 6.07 Å². The second-order valence-electron chi connectivity index (χ2n) is 4.69. The van der Waals surface area contributed by atoms with Crippen molar-refractivity contribution in [2.24, 2.45) is 0 Å². The number of hydrogen-bond acceptors (Lipinski definition) is 6. The molecule has 0 heterocycles. The molecule has 2 aromatic rings. The Balaban J connectivity index is 2.75. The highest BCUT2D eigenvalue weighted by Crippen LogP contribution is 2.29. The van der Waals surface area contributed by atoms with Gasteiger partial charge in [-0.25, -0.2) is 8.42 Å². The van der Waals surface area contributed by atoms with Gasteiger partial charge in [-0.3, -0.25) is 4.55 Å². The van der Waals surface area contributed by atoms with E-state index in [0.29, 0.717) is 0 Å². The van der Waals surface area contributed by atoms with E-state index < -0.39 is 24.9 Å². The summed E-state index contributed by atoms with van der Waals surface area (Å²) in [4.78, 5) is -0.985. The molecule has 9 heteroatoms. The summed E-state index contributed by atoms with van der Waals surface area (Å²) >= 11 is 0. The van der Waals surface area contributed by atoms with Crippen LogP contribution in [0.1, 0.15) is 5.56 Å². The SMILES string of the molecule is Cc1c(N)cc(S(=O)(=O)c2cccc(N)c2)cc1S(=O)(=O)O. The Morgan fingerprint density at radius 2 is 1.59 bits per heavy atom. The number of benzene rings is 2. The zero-order valence-corrected chi connectivity index (χ0v) is 13.1. The molecule has 2 rings (SSSR count). The van der Waals surface area contributed by atoms with Gasteiger partial charge in [-0.15, -0.1) is 0 Å². The van der Waals surface area contributed by atoms with Crippen LogP contribution >= 0.6 is 0 Å². The lowest BCUT2D eigenvalue weighted by molar-refractivity contribution is 0.482. The van der Waals surface area contributed by atoms with E-state index in [1.165, 1.54) is 31.2 Å². The third-order valence-electron chi connectivity index (χ3n) is 3.13. The number of nitrogen functional groups attached to an aromatic ring is 2. The second-order valence-corrected chi connectivity index (χ2v) is 8.03. The van der Waals surface area contributed by atoms with Gasteiger partial charge in [0.2, 0.25) is 9.84 Å². The lowest BCUT2D eigenvalue weighted by Crippen LogP contribution is -2.09. The van der Waals surface area contributed by atoms with Crippen LogP contribution in [0.4, 0.5) is 11.4 Å². The molecule has 0 bridgehead atoms. The van der Waals surface area contributed by atoms with Crippen LogP contribution in [0.15, 0.2) is 51.1 Å². The first-order valence-electron chi connectivity index (χ1n) is 6.02. The molecule has 0 aromatic heterocycles. The Morgan fingerprint density at radius 1 is 0.955 bits per heavy atom. The van der Waals surface area contributed by atoms with Crippen LogP contribution in [0.2, 0.25) is 0 Å². The van der Waals surface area contributed by atoms with Crippen LogP contribution in [-0.4, -0.2) is 21.4 Å². The zero-order valence-electron chi connectivity index (χ0n) is 11.5. The van der Waals surface area contributed by atoms with Crippen molar-refractivity contribution in [2.75, 3.05) is 11.5 Å². The van der Waals surface area contributed by atoms with Gasteiger partial charge in [0.1, 0.15) is 4.90 Å². The van der Waals surface area contributed by atoms with Crippen molar-refractivity contribution in [3.8, 4) is 0 Å². The number of nitrogens with two attached hydrogens (primary N) is 2. The van der Waals surface area contributed by atoms with E-state index in [4.69, 9.17) is 11.5 Å². The molecule has 0 amide bonds. The number of hydrogen-bond donors (Lipinski definition) is 3. The normalized spacial score (nSPS) is 12.3. The van der Waals surface area contributed by atoms with E-state index in [2.05, 4.69) is 0 Å². The molecule has 0 aliphatic rings. The number of sulfone groups is 1. The van der Waals surface area contributed by atoms with Crippen LogP contribution in [0, 0.1) is 6.92 Å². The van der Waals surface area contributed by atoms with Crippen LogP contribution < -0.4 is 11.5 Å². The fourth-order valence-electron chi connectivity index (χ4n) is 1.92. The molecule has 0 saturated carbocycles. The molecule has 0 aliphatic heterocycles. The molecule has 0 atom stereocenters. The van der Waals surface area contributed by atoms with Crippen molar-refractivity contribution in [1.29, 1.82) is 0 Å². The molecule has 118 valence electrons. The average molecular weight is 342 g/mol. The first-order valence-corrected chi connectivity index (χ1v) is 8.94. The molecule has 0 spiro atoms. The van der Waals surface area contributed by atoms with Crippen molar-refractivity contribution in [3.05, 3.63) is 42.0 Å². The Hall–Kier alpha value is -2.10. The van der Waals surface area contributed by atoms with Crippen molar-refractivity contribution < 1.29 is 21.4 Å². The molecule has 0 unspecified atom stereocenters. The van der Waals surface area contributed by atoms with E-state index in [0.717, 1.165) is 12.1 Å². The predicted octanol–water partition coefficient (Wildman–Crippen LogP) is 1.24. The summed E-state index contributed by atoms with van der Waals surface area (Å²) in [5.41, 5.74) is 11.5. The quantitative estimate of drug-likeness (QED) is 0.563. The summed E-state index contributed by atoms with van der Waals surface area (Å²) in [5, 5.41) is 0. The van der Waals surface area contributed by atoms with Gasteiger partial charge in [0, 0.05) is 11.4 Å². The van der Waals surface area contributed by atoms with Crippen molar-refractivity contribution in [1.82, 2.24) is 0 Å². The third kappa shape index (κ3) is 2.91. The van der Waals surface area contributed by atoms with E-state index in [1.54, 1.807) is 0 Å². The highest BCUT2D eigenvalue weighted by molar-refractivity contribution is 7.91. The Labute approximate surface area is 128 Å². The van der Waals surface area contributed by atoms with Crippen molar-refractivity contribution >= 4 is 31.3 Å². The summed E-state index contributed by atoms with van der Waals surface area (Å²) < 4.78 is 57.0. The Kier molecular flexibility index (Phi) is 3.90. The van der Waals surface area contributed by atoms with E-state index in [-0.39, 0.29) is 26.7 Å². The van der Waals surface area contributed by atoms with Crippen molar-refractivity contribution in [2.45, 2.75) is 21.6 Å². The molecule has 5 N–H and O–H groups in total. The van der Waals surface area contributed by atoms with Crippen LogP contribution in [0.3, 0.4) is 0 Å². The summed E-state index contributed by atoms with van der Waals surface area (Å²) in [6.07, 6.45) is 0. The minimum Gasteiger partial charge on any atom is -0.399 e. The highest BCUT2D eigenvalue weighted by atomic mass is 32.2. The minimum absolute atomic E-state index is 0.0578. The van der Waals surface area contributed by atoms with E-state index in [9.17, 15) is 21.4 Å². The van der Waals surface area contributed by atoms with Gasteiger partial charge in [-0.05, 0) is 42.8 Å². The topological polar surface area (TPSA) is 141 Å². The van der Waals surface area contributed by atoms with E-state index in [1.807, 2.05) is 0 Å². The smallest absolute Gasteiger partial charge is 0.294 e. The summed E-state index contributed by atoms with van der Waals surface area (Å²) in [6, 6.07) is 7.57. The molecule has 0 fully saturated rings. The Bertz CT molecular complexity index is 950.